The molecule has 0 bridgehead atoms. The third kappa shape index (κ3) is 3.89. The van der Waals surface area contributed by atoms with Crippen molar-refractivity contribution >= 4 is 0 Å². The summed E-state index contributed by atoms with van der Waals surface area (Å²) >= 11 is 0. The van der Waals surface area contributed by atoms with Crippen molar-refractivity contribution in [2.45, 2.75) is 31.5 Å². The van der Waals surface area contributed by atoms with E-state index in [0.717, 1.165) is 50.9 Å². The lowest BCUT2D eigenvalue weighted by atomic mass is 9.97. The fraction of sp³-hybridized carbons (Fsp3) is 0.611. The average Bonchev–Trinajstić information content (AvgIpc) is 3.06. The van der Waals surface area contributed by atoms with Gasteiger partial charge in [-0.2, -0.15) is 5.26 Å². The predicted molar refractivity (Wildman–Crippen MR) is 84.0 cm³/mol. The lowest BCUT2D eigenvalue weighted by Crippen LogP contribution is -2.35. The van der Waals surface area contributed by atoms with Crippen molar-refractivity contribution in [3.63, 3.8) is 0 Å². The van der Waals surface area contributed by atoms with Crippen molar-refractivity contribution in [1.82, 2.24) is 4.90 Å². The van der Waals surface area contributed by atoms with Crippen LogP contribution >= 0.6 is 0 Å². The van der Waals surface area contributed by atoms with Crippen LogP contribution in [0.25, 0.3) is 0 Å². The Morgan fingerprint density at radius 3 is 2.43 bits per heavy atom. The zero-order valence-electron chi connectivity index (χ0n) is 13.3. The number of benzene rings is 1. The molecule has 0 radical (unpaired) electrons. The number of piperidine rings is 1. The molecule has 4 nitrogen and oxygen atoms in total. The summed E-state index contributed by atoms with van der Waals surface area (Å²) in [6.45, 7) is 4.11. The second kappa shape index (κ2) is 7.39. The average molecular weight is 318 g/mol. The summed E-state index contributed by atoms with van der Waals surface area (Å²) in [5.74, 6) is -0.751. The molecule has 124 valence electrons. The SMILES string of the molecule is N#CC1CCN(CCCC2(c3ccc(F)cc3)OCCO2)CC1. The zero-order valence-corrected chi connectivity index (χ0v) is 13.3. The molecule has 5 heteroatoms. The van der Waals surface area contributed by atoms with E-state index in [9.17, 15) is 4.39 Å². The summed E-state index contributed by atoms with van der Waals surface area (Å²) in [7, 11) is 0. The summed E-state index contributed by atoms with van der Waals surface area (Å²) in [6, 6.07) is 8.76. The first kappa shape index (κ1) is 16.4. The van der Waals surface area contributed by atoms with E-state index in [-0.39, 0.29) is 11.7 Å². The number of hydrogen-bond acceptors (Lipinski definition) is 4. The highest BCUT2D eigenvalue weighted by Gasteiger charge is 2.38. The Morgan fingerprint density at radius 2 is 1.83 bits per heavy atom. The molecule has 0 saturated carbocycles. The number of halogens is 1. The Bertz CT molecular complexity index is 541. The minimum absolute atomic E-state index is 0.221. The van der Waals surface area contributed by atoms with Gasteiger partial charge in [0, 0.05) is 17.9 Å². The van der Waals surface area contributed by atoms with Crippen LogP contribution < -0.4 is 0 Å². The quantitative estimate of drug-likeness (QED) is 0.837. The topological polar surface area (TPSA) is 45.5 Å². The number of ether oxygens (including phenoxy) is 2. The molecule has 3 rings (SSSR count). The van der Waals surface area contributed by atoms with Gasteiger partial charge in [-0.3, -0.25) is 0 Å². The molecular weight excluding hydrogens is 295 g/mol. The molecule has 2 aliphatic heterocycles. The fourth-order valence-electron chi connectivity index (χ4n) is 3.43. The molecule has 1 aromatic carbocycles. The van der Waals surface area contributed by atoms with E-state index in [1.807, 2.05) is 0 Å². The molecule has 0 aliphatic carbocycles. The van der Waals surface area contributed by atoms with Crippen molar-refractivity contribution in [2.75, 3.05) is 32.8 Å². The van der Waals surface area contributed by atoms with Crippen LogP contribution in [-0.4, -0.2) is 37.7 Å². The van der Waals surface area contributed by atoms with Crippen LogP contribution in [0.5, 0.6) is 0 Å². The van der Waals surface area contributed by atoms with Gasteiger partial charge in [0.1, 0.15) is 5.82 Å². The van der Waals surface area contributed by atoms with Crippen LogP contribution in [0, 0.1) is 23.1 Å². The summed E-state index contributed by atoms with van der Waals surface area (Å²) < 4.78 is 24.9. The lowest BCUT2D eigenvalue weighted by molar-refractivity contribution is -0.172. The Kier molecular flexibility index (Phi) is 5.27. The van der Waals surface area contributed by atoms with Gasteiger partial charge in [-0.1, -0.05) is 12.1 Å². The highest BCUT2D eigenvalue weighted by Crippen LogP contribution is 2.36. The Hall–Kier alpha value is -1.48. The standard InChI is InChI=1S/C18H23FN2O2/c19-17-4-2-16(3-5-17)18(22-12-13-23-18)8-1-9-21-10-6-15(14-20)7-11-21/h2-5,15H,1,6-13H2. The van der Waals surface area contributed by atoms with Gasteiger partial charge in [-0.15, -0.1) is 0 Å². The number of nitriles is 1. The Morgan fingerprint density at radius 1 is 1.17 bits per heavy atom. The maximum Gasteiger partial charge on any atom is 0.195 e. The van der Waals surface area contributed by atoms with Gasteiger partial charge in [0.05, 0.1) is 19.3 Å². The molecule has 0 aromatic heterocycles. The highest BCUT2D eigenvalue weighted by molar-refractivity contribution is 5.22. The van der Waals surface area contributed by atoms with Crippen LogP contribution in [0.4, 0.5) is 4.39 Å². The second-order valence-electron chi connectivity index (χ2n) is 6.31. The molecule has 2 fully saturated rings. The van der Waals surface area contributed by atoms with Gasteiger partial charge in [0.25, 0.3) is 0 Å². The Balaban J connectivity index is 1.54. The molecule has 0 unspecified atom stereocenters. The number of hydrogen-bond donors (Lipinski definition) is 0. The number of nitrogens with zero attached hydrogens (tertiary/aromatic N) is 2. The molecule has 23 heavy (non-hydrogen) atoms. The molecule has 0 spiro atoms. The van der Waals surface area contributed by atoms with Gasteiger partial charge in [-0.25, -0.2) is 4.39 Å². The number of likely N-dealkylation sites (tertiary alicyclic amines) is 1. The van der Waals surface area contributed by atoms with Gasteiger partial charge >= 0.3 is 0 Å². The van der Waals surface area contributed by atoms with Crippen LogP contribution in [0.15, 0.2) is 24.3 Å². The minimum Gasteiger partial charge on any atom is -0.343 e. The van der Waals surface area contributed by atoms with Crippen LogP contribution in [0.3, 0.4) is 0 Å². The molecule has 2 heterocycles. The van der Waals surface area contributed by atoms with Gasteiger partial charge < -0.3 is 14.4 Å². The molecule has 1 aromatic rings. The maximum absolute atomic E-state index is 13.1. The molecule has 2 saturated heterocycles. The van der Waals surface area contributed by atoms with Crippen molar-refractivity contribution in [3.05, 3.63) is 35.6 Å². The summed E-state index contributed by atoms with van der Waals surface area (Å²) in [4.78, 5) is 2.40. The van der Waals surface area contributed by atoms with Crippen LogP contribution in [0.1, 0.15) is 31.2 Å². The fourth-order valence-corrected chi connectivity index (χ4v) is 3.43. The van der Waals surface area contributed by atoms with E-state index < -0.39 is 5.79 Å². The zero-order chi connectivity index (χ0) is 16.1. The largest absolute Gasteiger partial charge is 0.343 e. The van der Waals surface area contributed by atoms with E-state index in [0.29, 0.717) is 13.2 Å². The normalized spacial score (nSPS) is 22.1. The number of rotatable bonds is 5. The van der Waals surface area contributed by atoms with Gasteiger partial charge in [0.2, 0.25) is 0 Å². The second-order valence-corrected chi connectivity index (χ2v) is 6.31. The summed E-state index contributed by atoms with van der Waals surface area (Å²) in [5.41, 5.74) is 0.889. The smallest absolute Gasteiger partial charge is 0.195 e. The van der Waals surface area contributed by atoms with Gasteiger partial charge in [-0.05, 0) is 51.0 Å². The van der Waals surface area contributed by atoms with Crippen molar-refractivity contribution in [1.29, 1.82) is 5.26 Å². The first-order valence-corrected chi connectivity index (χ1v) is 8.38. The lowest BCUT2D eigenvalue weighted by Gasteiger charge is -2.31. The molecule has 0 amide bonds. The Labute approximate surface area is 136 Å². The van der Waals surface area contributed by atoms with Crippen molar-refractivity contribution in [2.24, 2.45) is 5.92 Å². The highest BCUT2D eigenvalue weighted by atomic mass is 19.1. The minimum atomic E-state index is -0.724. The van der Waals surface area contributed by atoms with E-state index in [1.54, 1.807) is 12.1 Å². The van der Waals surface area contributed by atoms with E-state index >= 15 is 0 Å². The van der Waals surface area contributed by atoms with E-state index in [1.165, 1.54) is 12.1 Å². The third-order valence-electron chi connectivity index (χ3n) is 4.79. The van der Waals surface area contributed by atoms with E-state index in [4.69, 9.17) is 14.7 Å². The summed E-state index contributed by atoms with van der Waals surface area (Å²) in [5, 5.41) is 8.95. The first-order chi connectivity index (χ1) is 11.2. The van der Waals surface area contributed by atoms with E-state index in [2.05, 4.69) is 11.0 Å². The first-order valence-electron chi connectivity index (χ1n) is 8.38. The van der Waals surface area contributed by atoms with Crippen LogP contribution in [-0.2, 0) is 15.3 Å². The molecule has 0 N–H and O–H groups in total. The van der Waals surface area contributed by atoms with Crippen molar-refractivity contribution in [3.8, 4) is 6.07 Å². The predicted octanol–water partition coefficient (Wildman–Crippen LogP) is 3.04. The third-order valence-corrected chi connectivity index (χ3v) is 4.79. The maximum atomic E-state index is 13.1. The molecule has 0 atom stereocenters. The molecular formula is C18H23FN2O2. The monoisotopic (exact) mass is 318 g/mol. The summed E-state index contributed by atoms with van der Waals surface area (Å²) in [6.07, 6.45) is 3.64. The van der Waals surface area contributed by atoms with Gasteiger partial charge in [0.15, 0.2) is 5.79 Å². The van der Waals surface area contributed by atoms with Crippen molar-refractivity contribution < 1.29 is 13.9 Å². The van der Waals surface area contributed by atoms with Crippen LogP contribution in [0.2, 0.25) is 0 Å². The molecule has 2 aliphatic rings.